The lowest BCUT2D eigenvalue weighted by Gasteiger charge is -2.35. The van der Waals surface area contributed by atoms with Crippen LogP contribution in [0.2, 0.25) is 0 Å². The van der Waals surface area contributed by atoms with Gasteiger partial charge in [0.15, 0.2) is 0 Å². The molecule has 1 aliphatic heterocycles. The summed E-state index contributed by atoms with van der Waals surface area (Å²) in [5, 5.41) is 4.80. The number of rotatable bonds is 7. The molecule has 0 atom stereocenters. The number of hydrogen-bond donors (Lipinski definition) is 0. The van der Waals surface area contributed by atoms with E-state index in [9.17, 15) is 4.79 Å². The van der Waals surface area contributed by atoms with E-state index in [-0.39, 0.29) is 5.91 Å². The van der Waals surface area contributed by atoms with Crippen molar-refractivity contribution < 1.29 is 4.79 Å². The SMILES string of the molecule is CC(C)CN1CCN(C(=O)C=Cc2cn(Cc3ccccc3)nc2-c2cccnc2)CC1. The molecule has 3 aromatic rings. The predicted molar refractivity (Wildman–Crippen MR) is 128 cm³/mol. The minimum Gasteiger partial charge on any atom is -0.337 e. The van der Waals surface area contributed by atoms with Crippen LogP contribution in [-0.2, 0) is 11.3 Å². The molecule has 1 amide bonds. The van der Waals surface area contributed by atoms with Crippen molar-refractivity contribution in [3.8, 4) is 11.3 Å². The van der Waals surface area contributed by atoms with Crippen LogP contribution < -0.4 is 0 Å². The zero-order chi connectivity index (χ0) is 22.3. The van der Waals surface area contributed by atoms with Gasteiger partial charge in [0, 0.05) is 68.5 Å². The van der Waals surface area contributed by atoms with E-state index in [1.165, 1.54) is 5.56 Å². The van der Waals surface area contributed by atoms with E-state index in [2.05, 4.69) is 35.9 Å². The Morgan fingerprint density at radius 1 is 1.06 bits per heavy atom. The van der Waals surface area contributed by atoms with Gasteiger partial charge >= 0.3 is 0 Å². The number of benzene rings is 1. The Labute approximate surface area is 190 Å². The van der Waals surface area contributed by atoms with Gasteiger partial charge in [0.25, 0.3) is 0 Å². The normalized spacial score (nSPS) is 15.0. The van der Waals surface area contributed by atoms with Crippen LogP contribution in [0.5, 0.6) is 0 Å². The smallest absolute Gasteiger partial charge is 0.246 e. The van der Waals surface area contributed by atoms with Gasteiger partial charge in [-0.05, 0) is 29.7 Å². The van der Waals surface area contributed by atoms with Crippen molar-refractivity contribution in [2.75, 3.05) is 32.7 Å². The third-order valence-corrected chi connectivity index (χ3v) is 5.63. The minimum atomic E-state index is 0.0575. The molecule has 0 N–H and O–H groups in total. The lowest BCUT2D eigenvalue weighted by Crippen LogP contribution is -2.49. The van der Waals surface area contributed by atoms with E-state index in [0.717, 1.165) is 49.5 Å². The molecule has 1 saturated heterocycles. The Morgan fingerprint density at radius 3 is 2.53 bits per heavy atom. The van der Waals surface area contributed by atoms with Crippen molar-refractivity contribution in [3.63, 3.8) is 0 Å². The summed E-state index contributed by atoms with van der Waals surface area (Å²) in [6.45, 7) is 9.66. The molecule has 0 radical (unpaired) electrons. The highest BCUT2D eigenvalue weighted by Gasteiger charge is 2.20. The summed E-state index contributed by atoms with van der Waals surface area (Å²) in [5.41, 5.74) is 3.87. The quantitative estimate of drug-likeness (QED) is 0.536. The third-order valence-electron chi connectivity index (χ3n) is 5.63. The highest BCUT2D eigenvalue weighted by molar-refractivity contribution is 5.92. The Bertz CT molecular complexity index is 1030. The standard InChI is InChI=1S/C26H31N5O/c1-21(2)18-29-13-15-30(16-14-29)25(32)11-10-24-20-31(19-22-7-4-3-5-8-22)28-26(24)23-9-6-12-27-17-23/h3-12,17,20-21H,13-16,18-19H2,1-2H3. The van der Waals surface area contributed by atoms with Gasteiger partial charge in [-0.2, -0.15) is 5.10 Å². The van der Waals surface area contributed by atoms with Gasteiger partial charge in [-0.15, -0.1) is 0 Å². The molecule has 166 valence electrons. The van der Waals surface area contributed by atoms with Gasteiger partial charge in [0.2, 0.25) is 5.91 Å². The van der Waals surface area contributed by atoms with Crippen molar-refractivity contribution in [1.29, 1.82) is 0 Å². The zero-order valence-electron chi connectivity index (χ0n) is 18.9. The van der Waals surface area contributed by atoms with Crippen LogP contribution in [0.25, 0.3) is 17.3 Å². The molecule has 0 saturated carbocycles. The van der Waals surface area contributed by atoms with Crippen molar-refractivity contribution in [2.45, 2.75) is 20.4 Å². The molecule has 1 aliphatic rings. The topological polar surface area (TPSA) is 54.3 Å². The molecule has 4 rings (SSSR count). The number of hydrogen-bond acceptors (Lipinski definition) is 4. The Morgan fingerprint density at radius 2 is 1.84 bits per heavy atom. The van der Waals surface area contributed by atoms with Crippen LogP contribution in [0.4, 0.5) is 0 Å². The summed E-state index contributed by atoms with van der Waals surface area (Å²) in [5.74, 6) is 0.706. The Kier molecular flexibility index (Phi) is 7.12. The number of nitrogens with zero attached hydrogens (tertiary/aromatic N) is 5. The van der Waals surface area contributed by atoms with Gasteiger partial charge < -0.3 is 4.90 Å². The second-order valence-corrected chi connectivity index (χ2v) is 8.71. The molecular weight excluding hydrogens is 398 g/mol. The first kappa shape index (κ1) is 22.0. The first-order valence-electron chi connectivity index (χ1n) is 11.3. The van der Waals surface area contributed by atoms with E-state index >= 15 is 0 Å². The van der Waals surface area contributed by atoms with E-state index in [1.807, 2.05) is 58.4 Å². The molecule has 0 unspecified atom stereocenters. The number of pyridine rings is 1. The van der Waals surface area contributed by atoms with E-state index < -0.39 is 0 Å². The zero-order valence-corrected chi connectivity index (χ0v) is 18.9. The summed E-state index contributed by atoms with van der Waals surface area (Å²) in [4.78, 5) is 21.4. The van der Waals surface area contributed by atoms with Crippen molar-refractivity contribution >= 4 is 12.0 Å². The van der Waals surface area contributed by atoms with Crippen LogP contribution in [-0.4, -0.2) is 63.2 Å². The molecule has 0 spiro atoms. The summed E-state index contributed by atoms with van der Waals surface area (Å²) in [6.07, 6.45) is 9.13. The minimum absolute atomic E-state index is 0.0575. The van der Waals surface area contributed by atoms with Crippen molar-refractivity contribution in [3.05, 3.63) is 78.3 Å². The Balaban J connectivity index is 1.49. The number of carbonyl (C=O) groups is 1. The lowest BCUT2D eigenvalue weighted by molar-refractivity contribution is -0.127. The summed E-state index contributed by atoms with van der Waals surface area (Å²) in [6, 6.07) is 14.1. The third kappa shape index (κ3) is 5.71. The highest BCUT2D eigenvalue weighted by atomic mass is 16.2. The molecular formula is C26H31N5O. The van der Waals surface area contributed by atoms with Crippen molar-refractivity contribution in [1.82, 2.24) is 24.6 Å². The molecule has 0 bridgehead atoms. The molecule has 1 aromatic carbocycles. The second kappa shape index (κ2) is 10.4. The van der Waals surface area contributed by atoms with Crippen molar-refractivity contribution in [2.24, 2.45) is 5.92 Å². The van der Waals surface area contributed by atoms with Gasteiger partial charge in [0.1, 0.15) is 5.69 Å². The highest BCUT2D eigenvalue weighted by Crippen LogP contribution is 2.23. The summed E-state index contributed by atoms with van der Waals surface area (Å²) < 4.78 is 1.92. The molecule has 0 aliphatic carbocycles. The fourth-order valence-corrected chi connectivity index (χ4v) is 4.07. The predicted octanol–water partition coefficient (Wildman–Crippen LogP) is 3.81. The largest absolute Gasteiger partial charge is 0.337 e. The molecule has 1 fully saturated rings. The number of amides is 1. The monoisotopic (exact) mass is 429 g/mol. The van der Waals surface area contributed by atoms with Crippen LogP contribution in [0, 0.1) is 5.92 Å². The first-order valence-corrected chi connectivity index (χ1v) is 11.3. The second-order valence-electron chi connectivity index (χ2n) is 8.71. The average molecular weight is 430 g/mol. The fourth-order valence-electron chi connectivity index (χ4n) is 4.07. The lowest BCUT2D eigenvalue weighted by atomic mass is 10.1. The van der Waals surface area contributed by atoms with Gasteiger partial charge in [0.05, 0.1) is 6.54 Å². The molecule has 6 nitrogen and oxygen atoms in total. The maximum Gasteiger partial charge on any atom is 0.246 e. The molecule has 3 heterocycles. The van der Waals surface area contributed by atoms with E-state index in [1.54, 1.807) is 12.3 Å². The summed E-state index contributed by atoms with van der Waals surface area (Å²) in [7, 11) is 0. The van der Waals surface area contributed by atoms with Gasteiger partial charge in [-0.25, -0.2) is 0 Å². The average Bonchev–Trinajstić information content (AvgIpc) is 3.21. The van der Waals surface area contributed by atoms with Crippen LogP contribution in [0.3, 0.4) is 0 Å². The Hall–Kier alpha value is -3.25. The number of carbonyl (C=O) groups excluding carboxylic acids is 1. The van der Waals surface area contributed by atoms with Crippen LogP contribution in [0.15, 0.2) is 67.1 Å². The molecule has 6 heteroatoms. The van der Waals surface area contributed by atoms with E-state index in [0.29, 0.717) is 12.5 Å². The van der Waals surface area contributed by atoms with Crippen LogP contribution in [0.1, 0.15) is 25.0 Å². The number of piperazine rings is 1. The molecule has 2 aromatic heterocycles. The first-order chi connectivity index (χ1) is 15.6. The summed E-state index contributed by atoms with van der Waals surface area (Å²) >= 11 is 0. The van der Waals surface area contributed by atoms with Gasteiger partial charge in [-0.3, -0.25) is 19.4 Å². The van der Waals surface area contributed by atoms with Gasteiger partial charge in [-0.1, -0.05) is 44.2 Å². The maximum absolute atomic E-state index is 12.8. The maximum atomic E-state index is 12.8. The number of aromatic nitrogens is 3. The van der Waals surface area contributed by atoms with Crippen LogP contribution >= 0.6 is 0 Å². The fraction of sp³-hybridized carbons (Fsp3) is 0.346. The molecule has 32 heavy (non-hydrogen) atoms. The van der Waals surface area contributed by atoms with E-state index in [4.69, 9.17) is 5.10 Å².